The summed E-state index contributed by atoms with van der Waals surface area (Å²) in [5, 5.41) is 9.47. The minimum atomic E-state index is -0.545. The second-order valence-corrected chi connectivity index (χ2v) is 2.51. The molecule has 0 spiro atoms. The van der Waals surface area contributed by atoms with Crippen molar-refractivity contribution >= 4 is 0 Å². The number of rotatable bonds is 2. The molecule has 2 atom stereocenters. The van der Waals surface area contributed by atoms with Crippen LogP contribution in [0.4, 0.5) is 0 Å². The first-order valence-electron chi connectivity index (χ1n) is 3.52. The lowest BCUT2D eigenvalue weighted by Gasteiger charge is -2.04. The van der Waals surface area contributed by atoms with Gasteiger partial charge in [-0.25, -0.2) is 0 Å². The van der Waals surface area contributed by atoms with Gasteiger partial charge in [-0.05, 0) is 5.56 Å². The molecule has 0 aliphatic carbocycles. The smallest absolute Gasteiger partial charge is 0.181 e. The minimum absolute atomic E-state index is 0.211. The summed E-state index contributed by atoms with van der Waals surface area (Å²) >= 11 is 0. The summed E-state index contributed by atoms with van der Waals surface area (Å²) in [5.74, 6) is 0. The molecule has 1 aromatic carbocycles. The van der Waals surface area contributed by atoms with Crippen molar-refractivity contribution in [3.8, 4) is 0 Å². The zero-order chi connectivity index (χ0) is 7.68. The molecule has 1 fully saturated rings. The van der Waals surface area contributed by atoms with Crippen molar-refractivity contribution in [2.75, 3.05) is 0 Å². The van der Waals surface area contributed by atoms with E-state index in [-0.39, 0.29) is 6.23 Å². The van der Waals surface area contributed by atoms with E-state index >= 15 is 0 Å². The summed E-state index contributed by atoms with van der Waals surface area (Å²) < 4.78 is 0. The topological polar surface area (TPSA) is 54.7 Å². The van der Waals surface area contributed by atoms with Gasteiger partial charge in [-0.15, -0.1) is 0 Å². The average Bonchev–Trinajstić information content (AvgIpc) is 2.87. The van der Waals surface area contributed by atoms with E-state index in [1.165, 1.54) is 0 Å². The number of aliphatic hydroxyl groups is 1. The van der Waals surface area contributed by atoms with Crippen LogP contribution in [0.1, 0.15) is 11.7 Å². The Morgan fingerprint density at radius 2 is 2.00 bits per heavy atom. The highest BCUT2D eigenvalue weighted by molar-refractivity contribution is 5.18. The lowest BCUT2D eigenvalue weighted by Crippen LogP contribution is -2.06. The van der Waals surface area contributed by atoms with Gasteiger partial charge in [0.15, 0.2) is 6.23 Å². The van der Waals surface area contributed by atoms with Crippen molar-refractivity contribution in [3.05, 3.63) is 35.9 Å². The highest BCUT2D eigenvalue weighted by atomic mass is 16.8. The number of nitrogens with one attached hydrogen (secondary N) is 1. The number of hydrogen-bond donors (Lipinski definition) is 2. The van der Waals surface area contributed by atoms with E-state index in [9.17, 15) is 5.11 Å². The Labute approximate surface area is 64.6 Å². The summed E-state index contributed by atoms with van der Waals surface area (Å²) in [5.41, 5.74) is 3.46. The Balaban J connectivity index is 2.15. The Hall–Kier alpha value is -0.900. The maximum absolute atomic E-state index is 9.47. The van der Waals surface area contributed by atoms with E-state index < -0.39 is 6.10 Å². The fourth-order valence-corrected chi connectivity index (χ4v) is 0.993. The molecule has 0 radical (unpaired) electrons. The summed E-state index contributed by atoms with van der Waals surface area (Å²) in [7, 11) is 0. The molecule has 1 aromatic rings. The molecule has 3 heteroatoms. The molecule has 11 heavy (non-hydrogen) atoms. The standard InChI is InChI=1S/C8H9NO2/c10-7(8-9-11-8)6-4-2-1-3-5-6/h1-5,7-10H. The molecular weight excluding hydrogens is 142 g/mol. The van der Waals surface area contributed by atoms with Gasteiger partial charge in [0.25, 0.3) is 0 Å². The molecule has 0 amide bonds. The van der Waals surface area contributed by atoms with Crippen molar-refractivity contribution in [1.82, 2.24) is 5.48 Å². The third-order valence-electron chi connectivity index (χ3n) is 1.68. The van der Waals surface area contributed by atoms with Crippen LogP contribution in [-0.2, 0) is 4.84 Å². The van der Waals surface area contributed by atoms with Crippen molar-refractivity contribution < 1.29 is 9.94 Å². The first-order chi connectivity index (χ1) is 5.38. The second-order valence-electron chi connectivity index (χ2n) is 2.51. The minimum Gasteiger partial charge on any atom is -0.384 e. The lowest BCUT2D eigenvalue weighted by atomic mass is 10.1. The molecule has 3 nitrogen and oxygen atoms in total. The lowest BCUT2D eigenvalue weighted by molar-refractivity contribution is 0.137. The molecule has 0 aromatic heterocycles. The van der Waals surface area contributed by atoms with Crippen LogP contribution >= 0.6 is 0 Å². The number of hydrogen-bond acceptors (Lipinski definition) is 3. The summed E-state index contributed by atoms with van der Waals surface area (Å²) in [6.07, 6.45) is -0.756. The van der Waals surface area contributed by atoms with E-state index in [4.69, 9.17) is 4.84 Å². The zero-order valence-corrected chi connectivity index (χ0v) is 5.90. The molecule has 0 saturated carbocycles. The SMILES string of the molecule is OC(c1ccccc1)C1NO1. The van der Waals surface area contributed by atoms with Crippen LogP contribution in [0.15, 0.2) is 30.3 Å². The second kappa shape index (κ2) is 2.62. The fourth-order valence-electron chi connectivity index (χ4n) is 0.993. The zero-order valence-electron chi connectivity index (χ0n) is 5.90. The van der Waals surface area contributed by atoms with Crippen LogP contribution in [0.25, 0.3) is 0 Å². The quantitative estimate of drug-likeness (QED) is 0.608. The van der Waals surface area contributed by atoms with Gasteiger partial charge in [0.05, 0.1) is 0 Å². The fraction of sp³-hybridized carbons (Fsp3) is 0.250. The van der Waals surface area contributed by atoms with Crippen LogP contribution in [0.3, 0.4) is 0 Å². The van der Waals surface area contributed by atoms with Gasteiger partial charge in [-0.1, -0.05) is 30.3 Å². The highest BCUT2D eigenvalue weighted by Crippen LogP contribution is 2.22. The van der Waals surface area contributed by atoms with Gasteiger partial charge in [0.1, 0.15) is 6.10 Å². The van der Waals surface area contributed by atoms with E-state index in [1.54, 1.807) is 0 Å². The third-order valence-corrected chi connectivity index (χ3v) is 1.68. The van der Waals surface area contributed by atoms with Gasteiger partial charge < -0.3 is 5.11 Å². The predicted octanol–water partition coefficient (Wildman–Crippen LogP) is 0.581. The molecule has 0 bridgehead atoms. The van der Waals surface area contributed by atoms with Gasteiger partial charge in [-0.3, -0.25) is 4.84 Å². The molecule has 2 rings (SSSR count). The predicted molar refractivity (Wildman–Crippen MR) is 39.4 cm³/mol. The molecule has 2 unspecified atom stereocenters. The number of aliphatic hydroxyl groups excluding tert-OH is 1. The third kappa shape index (κ3) is 1.40. The molecule has 1 aliphatic heterocycles. The van der Waals surface area contributed by atoms with Crippen LogP contribution in [0.5, 0.6) is 0 Å². The normalized spacial score (nSPS) is 24.6. The van der Waals surface area contributed by atoms with Gasteiger partial charge >= 0.3 is 0 Å². The molecule has 1 aliphatic rings. The highest BCUT2D eigenvalue weighted by Gasteiger charge is 2.31. The van der Waals surface area contributed by atoms with Crippen molar-refractivity contribution in [3.63, 3.8) is 0 Å². The molecule has 1 heterocycles. The first-order valence-corrected chi connectivity index (χ1v) is 3.52. The number of hydroxylamine groups is 1. The molecule has 2 N–H and O–H groups in total. The Kier molecular flexibility index (Phi) is 1.62. The van der Waals surface area contributed by atoms with E-state index in [1.807, 2.05) is 30.3 Å². The van der Waals surface area contributed by atoms with Crippen molar-refractivity contribution in [1.29, 1.82) is 0 Å². The van der Waals surface area contributed by atoms with E-state index in [0.29, 0.717) is 0 Å². The maximum atomic E-state index is 9.47. The summed E-state index contributed by atoms with van der Waals surface area (Å²) in [4.78, 5) is 4.72. The molecule has 1 saturated heterocycles. The van der Waals surface area contributed by atoms with Gasteiger partial charge in [-0.2, -0.15) is 5.48 Å². The van der Waals surface area contributed by atoms with Crippen LogP contribution < -0.4 is 5.48 Å². The molecule has 58 valence electrons. The van der Waals surface area contributed by atoms with E-state index in [0.717, 1.165) is 5.56 Å². The van der Waals surface area contributed by atoms with E-state index in [2.05, 4.69) is 5.48 Å². The monoisotopic (exact) mass is 151 g/mol. The Morgan fingerprint density at radius 3 is 2.55 bits per heavy atom. The number of benzene rings is 1. The van der Waals surface area contributed by atoms with Crippen molar-refractivity contribution in [2.24, 2.45) is 0 Å². The van der Waals surface area contributed by atoms with Crippen LogP contribution in [0.2, 0.25) is 0 Å². The first kappa shape index (κ1) is 6.79. The Bertz CT molecular complexity index is 233. The van der Waals surface area contributed by atoms with Crippen molar-refractivity contribution in [2.45, 2.75) is 12.3 Å². The largest absolute Gasteiger partial charge is 0.384 e. The van der Waals surface area contributed by atoms with Gasteiger partial charge in [0, 0.05) is 0 Å². The molecular formula is C8H9NO2. The van der Waals surface area contributed by atoms with Crippen LogP contribution in [0, 0.1) is 0 Å². The van der Waals surface area contributed by atoms with Gasteiger partial charge in [0.2, 0.25) is 0 Å². The average molecular weight is 151 g/mol. The summed E-state index contributed by atoms with van der Waals surface area (Å²) in [6.45, 7) is 0. The summed E-state index contributed by atoms with van der Waals surface area (Å²) in [6, 6.07) is 9.43. The Morgan fingerprint density at radius 1 is 1.36 bits per heavy atom. The maximum Gasteiger partial charge on any atom is 0.181 e. The van der Waals surface area contributed by atoms with Crippen LogP contribution in [-0.4, -0.2) is 11.3 Å².